The van der Waals surface area contributed by atoms with E-state index in [1.165, 1.54) is 32.1 Å². The molecule has 0 heteroatoms. The van der Waals surface area contributed by atoms with Crippen molar-refractivity contribution in [2.45, 2.75) is 136 Å². The molecule has 2 unspecified atom stereocenters. The largest absolute Gasteiger partial charge is 0.0767 e. The molecule has 0 N–H and O–H groups in total. The average molecular weight is 533 g/mol. The molecule has 0 saturated heterocycles. The Morgan fingerprint density at radius 1 is 0.525 bits per heavy atom. The van der Waals surface area contributed by atoms with Gasteiger partial charge in [-0.2, -0.15) is 0 Å². The maximum Gasteiger partial charge on any atom is 0.0165 e. The Balaban J connectivity index is 1.55. The second kappa shape index (κ2) is 7.65. The zero-order chi connectivity index (χ0) is 28.8. The third-order valence-electron chi connectivity index (χ3n) is 12.8. The van der Waals surface area contributed by atoms with E-state index in [1.54, 1.807) is 50.1 Å². The lowest BCUT2D eigenvalue weighted by Gasteiger charge is -2.44. The molecule has 0 amide bonds. The Hall–Kier alpha value is -2.08. The van der Waals surface area contributed by atoms with Crippen LogP contribution in [0.1, 0.15) is 148 Å². The predicted octanol–water partition coefficient (Wildman–Crippen LogP) is 11.0. The molecule has 1 fully saturated rings. The molecule has 2 atom stereocenters. The van der Waals surface area contributed by atoms with Gasteiger partial charge in [0.05, 0.1) is 0 Å². The van der Waals surface area contributed by atoms with Gasteiger partial charge >= 0.3 is 0 Å². The van der Waals surface area contributed by atoms with Gasteiger partial charge in [0.25, 0.3) is 0 Å². The average Bonchev–Trinajstić information content (AvgIpc) is 3.52. The summed E-state index contributed by atoms with van der Waals surface area (Å²) < 4.78 is 0. The quantitative estimate of drug-likeness (QED) is 0.342. The van der Waals surface area contributed by atoms with Gasteiger partial charge in [0.1, 0.15) is 0 Å². The molecular formula is C40H52. The van der Waals surface area contributed by atoms with E-state index >= 15 is 0 Å². The molecule has 40 heavy (non-hydrogen) atoms. The van der Waals surface area contributed by atoms with Crippen LogP contribution in [-0.2, 0) is 21.7 Å². The Bertz CT molecular complexity index is 1430. The van der Waals surface area contributed by atoms with Gasteiger partial charge in [0.15, 0.2) is 0 Å². The van der Waals surface area contributed by atoms with Crippen molar-refractivity contribution in [3.8, 4) is 11.1 Å². The van der Waals surface area contributed by atoms with Gasteiger partial charge in [0, 0.05) is 11.8 Å². The van der Waals surface area contributed by atoms with Crippen LogP contribution in [0.4, 0.5) is 0 Å². The summed E-state index contributed by atoms with van der Waals surface area (Å²) >= 11 is 0. The van der Waals surface area contributed by atoms with Crippen LogP contribution in [0.2, 0.25) is 0 Å². The smallest absolute Gasteiger partial charge is 0.0165 e. The minimum atomic E-state index is 0.160. The van der Waals surface area contributed by atoms with Crippen molar-refractivity contribution in [1.82, 2.24) is 0 Å². The van der Waals surface area contributed by atoms with Crippen LogP contribution in [0.25, 0.3) is 11.1 Å². The van der Waals surface area contributed by atoms with E-state index in [1.807, 2.05) is 0 Å². The highest BCUT2D eigenvalue weighted by Crippen LogP contribution is 2.68. The first-order valence-electron chi connectivity index (χ1n) is 16.2. The first-order chi connectivity index (χ1) is 18.4. The molecule has 1 saturated carbocycles. The molecule has 212 valence electrons. The van der Waals surface area contributed by atoms with Crippen LogP contribution in [0, 0.1) is 16.7 Å². The van der Waals surface area contributed by atoms with E-state index in [0.29, 0.717) is 11.8 Å². The molecule has 2 aromatic carbocycles. The van der Waals surface area contributed by atoms with Crippen LogP contribution in [0.5, 0.6) is 0 Å². The van der Waals surface area contributed by atoms with Crippen molar-refractivity contribution < 1.29 is 0 Å². The normalized spacial score (nSPS) is 31.2. The second-order valence-corrected chi connectivity index (χ2v) is 18.0. The number of allylic oxidation sites excluding steroid dienone is 4. The molecule has 0 bridgehead atoms. The van der Waals surface area contributed by atoms with Crippen LogP contribution in [0.3, 0.4) is 0 Å². The molecule has 5 aliphatic rings. The minimum absolute atomic E-state index is 0.160. The first kappa shape index (κ1) is 26.8. The maximum atomic E-state index is 2.73. The topological polar surface area (TPSA) is 0 Å². The van der Waals surface area contributed by atoms with Gasteiger partial charge in [-0.05, 0) is 109 Å². The first-order valence-corrected chi connectivity index (χ1v) is 16.2. The third-order valence-corrected chi connectivity index (χ3v) is 12.8. The molecule has 0 nitrogen and oxygen atoms in total. The summed E-state index contributed by atoms with van der Waals surface area (Å²) in [6.07, 6.45) is 13.6. The predicted molar refractivity (Wildman–Crippen MR) is 172 cm³/mol. The van der Waals surface area contributed by atoms with E-state index in [4.69, 9.17) is 0 Å². The van der Waals surface area contributed by atoms with E-state index in [9.17, 15) is 0 Å². The Morgan fingerprint density at radius 2 is 0.925 bits per heavy atom. The Labute approximate surface area is 244 Å². The number of hydrogen-bond acceptors (Lipinski definition) is 0. The van der Waals surface area contributed by atoms with Crippen LogP contribution in [0.15, 0.2) is 48.1 Å². The number of rotatable bonds is 1. The molecule has 0 heterocycles. The molecule has 0 spiro atoms. The van der Waals surface area contributed by atoms with Gasteiger partial charge in [-0.25, -0.2) is 0 Å². The molecular weight excluding hydrogens is 480 g/mol. The van der Waals surface area contributed by atoms with Crippen molar-refractivity contribution >= 4 is 0 Å². The van der Waals surface area contributed by atoms with Gasteiger partial charge in [-0.1, -0.05) is 124 Å². The van der Waals surface area contributed by atoms with E-state index < -0.39 is 0 Å². The minimum Gasteiger partial charge on any atom is -0.0767 e. The maximum absolute atomic E-state index is 2.73. The van der Waals surface area contributed by atoms with Gasteiger partial charge in [-0.15, -0.1) is 0 Å². The lowest BCUT2D eigenvalue weighted by atomic mass is 9.60. The van der Waals surface area contributed by atoms with Crippen LogP contribution in [-0.4, -0.2) is 0 Å². The number of hydrogen-bond donors (Lipinski definition) is 0. The zero-order valence-electron chi connectivity index (χ0n) is 27.2. The van der Waals surface area contributed by atoms with Crippen molar-refractivity contribution in [2.24, 2.45) is 16.7 Å². The van der Waals surface area contributed by atoms with Crippen molar-refractivity contribution in [1.29, 1.82) is 0 Å². The Morgan fingerprint density at radius 3 is 1.35 bits per heavy atom. The monoisotopic (exact) mass is 532 g/mol. The number of benzene rings is 2. The molecule has 5 aliphatic carbocycles. The fraction of sp³-hybridized carbons (Fsp3) is 0.600. The van der Waals surface area contributed by atoms with Crippen molar-refractivity contribution in [3.63, 3.8) is 0 Å². The highest BCUT2D eigenvalue weighted by Gasteiger charge is 2.57. The van der Waals surface area contributed by atoms with E-state index in [2.05, 4.69) is 119 Å². The fourth-order valence-electron chi connectivity index (χ4n) is 10.2. The standard InChI is InChI=1S/C40H52/c1-35(2)15-17-37(5,6)32-21-26-24(19-30(32)35)25-20-31-33(38(7,8)18-16-36(31,3)4)22-27(25)34(26)40(11)23-39(9,10)28-13-12-14-29(28)40/h12-14,19-22,29,34H,15-18,23H2,1-11H3. The molecule has 0 aliphatic heterocycles. The van der Waals surface area contributed by atoms with E-state index in [0.717, 1.165) is 0 Å². The van der Waals surface area contributed by atoms with Gasteiger partial charge < -0.3 is 0 Å². The second-order valence-electron chi connectivity index (χ2n) is 18.0. The highest BCUT2D eigenvalue weighted by molar-refractivity contribution is 5.83. The summed E-state index contributed by atoms with van der Waals surface area (Å²) in [5, 5.41) is 0. The molecule has 0 aromatic heterocycles. The van der Waals surface area contributed by atoms with Crippen molar-refractivity contribution in [3.05, 3.63) is 81.4 Å². The summed E-state index contributed by atoms with van der Waals surface area (Å²) in [5.41, 5.74) is 15.7. The van der Waals surface area contributed by atoms with Crippen molar-refractivity contribution in [2.75, 3.05) is 0 Å². The molecule has 2 aromatic rings. The molecule has 7 rings (SSSR count). The lowest BCUT2D eigenvalue weighted by molar-refractivity contribution is 0.220. The SMILES string of the molecule is CC1(C)CC(C)(C2c3cc4c(cc3-c3cc5c(cc32)C(C)(C)CCC5(C)C)C(C)(C)CCC4(C)C)C2C=CC=C21. The fourth-order valence-corrected chi connectivity index (χ4v) is 10.2. The van der Waals surface area contributed by atoms with E-state index in [-0.39, 0.29) is 32.5 Å². The van der Waals surface area contributed by atoms with Gasteiger partial charge in [0.2, 0.25) is 0 Å². The lowest BCUT2D eigenvalue weighted by Crippen LogP contribution is -2.35. The number of fused-ring (bicyclic) bond motifs is 6. The highest BCUT2D eigenvalue weighted by atomic mass is 14.6. The molecule has 0 radical (unpaired) electrons. The van der Waals surface area contributed by atoms with Crippen LogP contribution >= 0.6 is 0 Å². The summed E-state index contributed by atoms with van der Waals surface area (Å²) in [4.78, 5) is 0. The van der Waals surface area contributed by atoms with Crippen LogP contribution < -0.4 is 0 Å². The zero-order valence-corrected chi connectivity index (χ0v) is 27.2. The van der Waals surface area contributed by atoms with Gasteiger partial charge in [-0.3, -0.25) is 0 Å². The summed E-state index contributed by atoms with van der Waals surface area (Å²) in [5.74, 6) is 0.944. The Kier molecular flexibility index (Phi) is 5.12. The third kappa shape index (κ3) is 3.38. The summed E-state index contributed by atoms with van der Waals surface area (Å²) in [7, 11) is 0. The summed E-state index contributed by atoms with van der Waals surface area (Å²) in [6, 6.07) is 10.8. The summed E-state index contributed by atoms with van der Waals surface area (Å²) in [6.45, 7) is 27.6.